The third-order valence-electron chi connectivity index (χ3n) is 2.33. The molecule has 1 atom stereocenters. The maximum atomic E-state index is 11.6. The number of ether oxygens (including phenoxy) is 3. The minimum atomic E-state index is -3.11. The Balaban J connectivity index is 3.47. The molecule has 1 unspecified atom stereocenters. The Kier molecular flexibility index (Phi) is 10.6. The predicted molar refractivity (Wildman–Crippen MR) is 70.4 cm³/mol. The first-order chi connectivity index (χ1) is 8.52. The van der Waals surface area contributed by atoms with Gasteiger partial charge >= 0.3 is 0 Å². The van der Waals surface area contributed by atoms with Crippen LogP contribution in [0.5, 0.6) is 0 Å². The zero-order valence-electron chi connectivity index (χ0n) is 11.3. The summed E-state index contributed by atoms with van der Waals surface area (Å²) < 4.78 is 38.3. The van der Waals surface area contributed by atoms with E-state index in [9.17, 15) is 8.42 Å². The second-order valence-electron chi connectivity index (χ2n) is 4.00. The zero-order valence-corrected chi connectivity index (χ0v) is 12.1. The van der Waals surface area contributed by atoms with Crippen molar-refractivity contribution in [1.29, 1.82) is 0 Å². The van der Waals surface area contributed by atoms with Gasteiger partial charge in [0.25, 0.3) is 0 Å². The summed E-state index contributed by atoms with van der Waals surface area (Å²) in [6.45, 7) is 3.95. The van der Waals surface area contributed by atoms with Crippen LogP contribution in [0.3, 0.4) is 0 Å². The van der Waals surface area contributed by atoms with Gasteiger partial charge in [0.2, 0.25) is 0 Å². The van der Waals surface area contributed by atoms with Gasteiger partial charge < -0.3 is 19.9 Å². The summed E-state index contributed by atoms with van der Waals surface area (Å²) >= 11 is 0. The van der Waals surface area contributed by atoms with E-state index in [0.717, 1.165) is 0 Å². The van der Waals surface area contributed by atoms with Crippen LogP contribution < -0.4 is 5.73 Å². The average Bonchev–Trinajstić information content (AvgIpc) is 2.31. The topological polar surface area (TPSA) is 87.9 Å². The molecule has 110 valence electrons. The van der Waals surface area contributed by atoms with Crippen LogP contribution in [-0.2, 0) is 24.0 Å². The molecule has 2 N–H and O–H groups in total. The number of rotatable bonds is 12. The van der Waals surface area contributed by atoms with Crippen molar-refractivity contribution in [2.45, 2.75) is 19.4 Å². The van der Waals surface area contributed by atoms with Crippen molar-refractivity contribution in [2.24, 2.45) is 5.73 Å². The fourth-order valence-corrected chi connectivity index (χ4v) is 2.60. The first kappa shape index (κ1) is 17.8. The van der Waals surface area contributed by atoms with Gasteiger partial charge in [-0.05, 0) is 6.42 Å². The lowest BCUT2D eigenvalue weighted by atomic mass is 10.3. The molecule has 0 bridgehead atoms. The molecule has 0 rings (SSSR count). The summed E-state index contributed by atoms with van der Waals surface area (Å²) in [6.07, 6.45) is 0.660. The highest BCUT2D eigenvalue weighted by atomic mass is 32.2. The van der Waals surface area contributed by atoms with Crippen molar-refractivity contribution in [1.82, 2.24) is 0 Å². The van der Waals surface area contributed by atoms with E-state index in [0.29, 0.717) is 32.8 Å². The number of methoxy groups -OCH3 is 1. The molecule has 0 saturated heterocycles. The molecule has 0 radical (unpaired) electrons. The molecule has 0 spiro atoms. The summed E-state index contributed by atoms with van der Waals surface area (Å²) in [7, 11) is -1.50. The normalized spacial score (nSPS) is 13.7. The fraction of sp³-hybridized carbons (Fsp3) is 1.00. The van der Waals surface area contributed by atoms with Crippen molar-refractivity contribution in [2.75, 3.05) is 51.6 Å². The van der Waals surface area contributed by atoms with Gasteiger partial charge in [0.15, 0.2) is 9.84 Å². The summed E-state index contributed by atoms with van der Waals surface area (Å²) in [4.78, 5) is 0. The maximum Gasteiger partial charge on any atom is 0.154 e. The van der Waals surface area contributed by atoms with Crippen molar-refractivity contribution >= 4 is 9.84 Å². The molecule has 6 nitrogen and oxygen atoms in total. The van der Waals surface area contributed by atoms with Crippen molar-refractivity contribution < 1.29 is 22.6 Å². The molecule has 0 aliphatic rings. The first-order valence-electron chi connectivity index (χ1n) is 6.12. The van der Waals surface area contributed by atoms with E-state index in [-0.39, 0.29) is 24.2 Å². The van der Waals surface area contributed by atoms with Crippen LogP contribution >= 0.6 is 0 Å². The molecule has 0 fully saturated rings. The van der Waals surface area contributed by atoms with Crippen LogP contribution in [0.15, 0.2) is 0 Å². The summed E-state index contributed by atoms with van der Waals surface area (Å²) in [5, 5.41) is 0. The molecule has 0 aromatic carbocycles. The van der Waals surface area contributed by atoms with Crippen LogP contribution in [0.25, 0.3) is 0 Å². The molecule has 0 aromatic rings. The third-order valence-corrected chi connectivity index (χ3v) is 4.06. The number of hydrogen-bond donors (Lipinski definition) is 1. The highest BCUT2D eigenvalue weighted by Gasteiger charge is 2.14. The summed E-state index contributed by atoms with van der Waals surface area (Å²) in [5.41, 5.74) is 5.61. The molecule has 7 heteroatoms. The second-order valence-corrected chi connectivity index (χ2v) is 6.23. The van der Waals surface area contributed by atoms with Gasteiger partial charge in [-0.25, -0.2) is 8.42 Å². The lowest BCUT2D eigenvalue weighted by molar-refractivity contribution is 0.0284. The van der Waals surface area contributed by atoms with Crippen LogP contribution in [0.2, 0.25) is 0 Å². The van der Waals surface area contributed by atoms with E-state index >= 15 is 0 Å². The van der Waals surface area contributed by atoms with E-state index in [1.165, 1.54) is 0 Å². The Morgan fingerprint density at radius 3 is 2.17 bits per heavy atom. The van der Waals surface area contributed by atoms with Gasteiger partial charge in [0.05, 0.1) is 44.5 Å². The lowest BCUT2D eigenvalue weighted by Gasteiger charge is -2.10. The SMILES string of the molecule is CCC(N)CS(=O)(=O)CCOCCOCCOC. The van der Waals surface area contributed by atoms with Gasteiger partial charge in [-0.2, -0.15) is 0 Å². The van der Waals surface area contributed by atoms with Crippen LogP contribution in [0.4, 0.5) is 0 Å². The smallest absolute Gasteiger partial charge is 0.154 e. The van der Waals surface area contributed by atoms with E-state index in [1.54, 1.807) is 7.11 Å². The van der Waals surface area contributed by atoms with Gasteiger partial charge in [0.1, 0.15) is 0 Å². The molecule has 0 aromatic heterocycles. The minimum absolute atomic E-state index is 0.0127. The Morgan fingerprint density at radius 1 is 1.06 bits per heavy atom. The van der Waals surface area contributed by atoms with E-state index in [2.05, 4.69) is 0 Å². The third kappa shape index (κ3) is 10.9. The summed E-state index contributed by atoms with van der Waals surface area (Å²) in [6, 6.07) is -0.285. The van der Waals surface area contributed by atoms with E-state index in [1.807, 2.05) is 6.92 Å². The van der Waals surface area contributed by atoms with Gasteiger partial charge in [-0.3, -0.25) is 0 Å². The highest BCUT2D eigenvalue weighted by Crippen LogP contribution is 1.97. The van der Waals surface area contributed by atoms with Crippen molar-refractivity contribution in [3.05, 3.63) is 0 Å². The Bertz CT molecular complexity index is 281. The highest BCUT2D eigenvalue weighted by molar-refractivity contribution is 7.91. The van der Waals surface area contributed by atoms with Crippen LogP contribution in [0, 0.1) is 0 Å². The molecule has 0 aliphatic heterocycles. The molecule has 18 heavy (non-hydrogen) atoms. The molecular formula is C11H25NO5S. The molecular weight excluding hydrogens is 258 g/mol. The number of nitrogens with two attached hydrogens (primary N) is 1. The number of hydrogen-bond acceptors (Lipinski definition) is 6. The van der Waals surface area contributed by atoms with Crippen molar-refractivity contribution in [3.8, 4) is 0 Å². The van der Waals surface area contributed by atoms with Crippen molar-refractivity contribution in [3.63, 3.8) is 0 Å². The standard InChI is InChI=1S/C11H25NO5S/c1-3-11(12)10-18(13,14)9-8-17-7-6-16-5-4-15-2/h11H,3-10,12H2,1-2H3. The van der Waals surface area contributed by atoms with Crippen LogP contribution in [-0.4, -0.2) is 66.1 Å². The van der Waals surface area contributed by atoms with Gasteiger partial charge in [-0.15, -0.1) is 0 Å². The Morgan fingerprint density at radius 2 is 1.61 bits per heavy atom. The van der Waals surface area contributed by atoms with Crippen LogP contribution in [0.1, 0.15) is 13.3 Å². The quantitative estimate of drug-likeness (QED) is 0.500. The average molecular weight is 283 g/mol. The first-order valence-corrected chi connectivity index (χ1v) is 7.94. The van der Waals surface area contributed by atoms with E-state index < -0.39 is 9.84 Å². The monoisotopic (exact) mass is 283 g/mol. The summed E-state index contributed by atoms with van der Waals surface area (Å²) in [5.74, 6) is 0.0377. The largest absolute Gasteiger partial charge is 0.382 e. The zero-order chi connectivity index (χ0) is 13.9. The van der Waals surface area contributed by atoms with Gasteiger partial charge in [-0.1, -0.05) is 6.92 Å². The maximum absolute atomic E-state index is 11.6. The lowest BCUT2D eigenvalue weighted by Crippen LogP contribution is -2.31. The Hall–Kier alpha value is -0.210. The minimum Gasteiger partial charge on any atom is -0.382 e. The molecule has 0 aliphatic carbocycles. The number of sulfone groups is 1. The van der Waals surface area contributed by atoms with E-state index in [4.69, 9.17) is 19.9 Å². The second kappa shape index (κ2) is 10.7. The molecule has 0 amide bonds. The predicted octanol–water partition coefficient (Wildman–Crippen LogP) is -0.182. The molecule has 0 saturated carbocycles. The molecule has 0 heterocycles. The Labute approximate surface area is 110 Å². The van der Waals surface area contributed by atoms with Gasteiger partial charge in [0, 0.05) is 13.2 Å². The fourth-order valence-electron chi connectivity index (χ4n) is 1.18.